The highest BCUT2D eigenvalue weighted by molar-refractivity contribution is 5.95. The summed E-state index contributed by atoms with van der Waals surface area (Å²) < 4.78 is 73.9. The Morgan fingerprint density at radius 2 is 1.62 bits per heavy atom. The molecule has 0 bridgehead atoms. The number of carbonyl (C=O) groups is 2. The molecule has 1 aromatic heterocycles. The molecule has 1 saturated carbocycles. The summed E-state index contributed by atoms with van der Waals surface area (Å²) in [6.45, 7) is 7.45. The van der Waals surface area contributed by atoms with Gasteiger partial charge in [0, 0.05) is 17.7 Å². The van der Waals surface area contributed by atoms with Crippen LogP contribution in [0.2, 0.25) is 0 Å². The maximum Gasteiger partial charge on any atom is 0.408 e. The van der Waals surface area contributed by atoms with Crippen LogP contribution in [0.4, 0.5) is 22.4 Å². The largest absolute Gasteiger partial charge is 0.493 e. The minimum Gasteiger partial charge on any atom is -0.493 e. The number of aromatic nitrogens is 1. The number of alkyl halides is 3. The van der Waals surface area contributed by atoms with Crippen LogP contribution in [0.25, 0.3) is 11.3 Å². The number of nitrogens with zero attached hydrogens (tertiary/aromatic N) is 1. The van der Waals surface area contributed by atoms with E-state index < -0.39 is 53.3 Å². The topological polar surface area (TPSA) is 98.8 Å². The Kier molecular flexibility index (Phi) is 9.65. The van der Waals surface area contributed by atoms with Crippen LogP contribution in [0.1, 0.15) is 75.0 Å². The molecule has 1 atom stereocenters. The minimum atomic E-state index is -4.82. The average Bonchev–Trinajstić information content (AvgIpc) is 3.75. The molecule has 242 valence electrons. The van der Waals surface area contributed by atoms with E-state index in [1.54, 1.807) is 40.7 Å². The van der Waals surface area contributed by atoms with Gasteiger partial charge in [0.05, 0.1) is 30.1 Å². The summed E-state index contributed by atoms with van der Waals surface area (Å²) >= 11 is 0. The zero-order valence-corrected chi connectivity index (χ0v) is 26.0. The van der Waals surface area contributed by atoms with Crippen molar-refractivity contribution in [3.8, 4) is 22.8 Å². The van der Waals surface area contributed by atoms with Crippen LogP contribution in [-0.2, 0) is 10.3 Å². The Bertz CT molecular complexity index is 1530. The number of amides is 2. The van der Waals surface area contributed by atoms with Crippen LogP contribution in [0.15, 0.2) is 54.6 Å². The Morgan fingerprint density at radius 3 is 2.20 bits per heavy atom. The van der Waals surface area contributed by atoms with Crippen molar-refractivity contribution < 1.29 is 41.4 Å². The standard InChI is InChI=1S/C33H37F4N3O5/c1-31(2,3)45-30(42)40-32(4,5)21-16-25(19-7-10-22(34)11-8-19)39-26(17-21)24(33(35,36)37)18-38-29(41)20-9-14-27(28(15-20)43-6)44-23-12-13-23/h7-11,14-17,23-24H,12-13,18H2,1-6H3,(H,38,41)(H,40,42). The second kappa shape index (κ2) is 12.9. The molecule has 2 aromatic carbocycles. The maximum atomic E-state index is 14.6. The van der Waals surface area contributed by atoms with E-state index in [-0.39, 0.29) is 22.9 Å². The van der Waals surface area contributed by atoms with E-state index in [0.717, 1.165) is 12.8 Å². The highest BCUT2D eigenvalue weighted by Crippen LogP contribution is 2.38. The fourth-order valence-corrected chi connectivity index (χ4v) is 4.45. The van der Waals surface area contributed by atoms with Gasteiger partial charge in [-0.3, -0.25) is 9.78 Å². The molecule has 0 saturated heterocycles. The van der Waals surface area contributed by atoms with Crippen molar-refractivity contribution >= 4 is 12.0 Å². The number of hydrogen-bond donors (Lipinski definition) is 2. The SMILES string of the molecule is COc1cc(C(=O)NCC(c2cc(C(C)(C)NC(=O)OC(C)(C)C)cc(-c3ccc(F)cc3)n2)C(F)(F)F)ccc1OC1CC1. The van der Waals surface area contributed by atoms with Crippen molar-refractivity contribution in [2.75, 3.05) is 13.7 Å². The molecule has 1 aliphatic carbocycles. The van der Waals surface area contributed by atoms with E-state index in [4.69, 9.17) is 14.2 Å². The maximum absolute atomic E-state index is 14.6. The van der Waals surface area contributed by atoms with Gasteiger partial charge >= 0.3 is 12.3 Å². The van der Waals surface area contributed by atoms with Gasteiger partial charge in [0.25, 0.3) is 5.91 Å². The van der Waals surface area contributed by atoms with E-state index in [1.807, 2.05) is 0 Å². The fourth-order valence-electron chi connectivity index (χ4n) is 4.45. The lowest BCUT2D eigenvalue weighted by Gasteiger charge is -2.30. The lowest BCUT2D eigenvalue weighted by atomic mass is 9.90. The van der Waals surface area contributed by atoms with Crippen LogP contribution >= 0.6 is 0 Å². The third kappa shape index (κ3) is 9.09. The summed E-state index contributed by atoms with van der Waals surface area (Å²) in [5.41, 5.74) is -1.56. The van der Waals surface area contributed by atoms with Crippen LogP contribution < -0.4 is 20.1 Å². The molecular formula is C33H37F4N3O5. The lowest BCUT2D eigenvalue weighted by Crippen LogP contribution is -2.44. The quantitative estimate of drug-likeness (QED) is 0.229. The van der Waals surface area contributed by atoms with Crippen molar-refractivity contribution in [2.24, 2.45) is 0 Å². The highest BCUT2D eigenvalue weighted by Gasteiger charge is 2.43. The predicted molar refractivity (Wildman–Crippen MR) is 160 cm³/mol. The molecule has 2 N–H and O–H groups in total. The molecule has 45 heavy (non-hydrogen) atoms. The van der Waals surface area contributed by atoms with Gasteiger partial charge in [-0.15, -0.1) is 0 Å². The van der Waals surface area contributed by atoms with E-state index in [2.05, 4.69) is 15.6 Å². The fraction of sp³-hybridized carbons (Fsp3) is 0.424. The number of hydrogen-bond acceptors (Lipinski definition) is 6. The molecule has 4 rings (SSSR count). The zero-order chi connectivity index (χ0) is 33.2. The Morgan fingerprint density at radius 1 is 0.956 bits per heavy atom. The van der Waals surface area contributed by atoms with Gasteiger partial charge in [-0.05, 0) is 108 Å². The summed E-state index contributed by atoms with van der Waals surface area (Å²) in [5.74, 6) is -2.76. The molecule has 1 unspecified atom stereocenters. The van der Waals surface area contributed by atoms with Crippen molar-refractivity contribution in [3.63, 3.8) is 0 Å². The molecule has 1 aliphatic rings. The third-order valence-electron chi connectivity index (χ3n) is 6.98. The molecule has 0 spiro atoms. The van der Waals surface area contributed by atoms with E-state index >= 15 is 0 Å². The Hall–Kier alpha value is -4.35. The number of nitrogens with one attached hydrogen (secondary N) is 2. The van der Waals surface area contributed by atoms with Crippen molar-refractivity contribution in [1.29, 1.82) is 0 Å². The van der Waals surface area contributed by atoms with Crippen molar-refractivity contribution in [2.45, 2.75) is 76.8 Å². The van der Waals surface area contributed by atoms with Crippen molar-refractivity contribution in [1.82, 2.24) is 15.6 Å². The first-order chi connectivity index (χ1) is 20.9. The van der Waals surface area contributed by atoms with Crippen LogP contribution in [0.3, 0.4) is 0 Å². The van der Waals surface area contributed by atoms with Gasteiger partial charge in [-0.1, -0.05) is 0 Å². The summed E-state index contributed by atoms with van der Waals surface area (Å²) in [4.78, 5) is 29.9. The number of pyridine rings is 1. The normalized spacial score (nSPS) is 14.4. The molecule has 0 radical (unpaired) electrons. The smallest absolute Gasteiger partial charge is 0.408 e. The lowest BCUT2D eigenvalue weighted by molar-refractivity contribution is -0.149. The van der Waals surface area contributed by atoms with Crippen LogP contribution in [0, 0.1) is 5.82 Å². The molecule has 1 fully saturated rings. The van der Waals surface area contributed by atoms with Gasteiger partial charge in [0.1, 0.15) is 17.3 Å². The van der Waals surface area contributed by atoms with Crippen LogP contribution in [-0.4, -0.2) is 48.5 Å². The van der Waals surface area contributed by atoms with Gasteiger partial charge in [-0.25, -0.2) is 9.18 Å². The Labute approximate surface area is 259 Å². The summed E-state index contributed by atoms with van der Waals surface area (Å²) in [6, 6.07) is 12.3. The summed E-state index contributed by atoms with van der Waals surface area (Å²) in [5, 5.41) is 5.08. The average molecular weight is 632 g/mol. The first-order valence-corrected chi connectivity index (χ1v) is 14.4. The van der Waals surface area contributed by atoms with E-state index in [1.165, 1.54) is 55.6 Å². The van der Waals surface area contributed by atoms with E-state index in [9.17, 15) is 27.2 Å². The highest BCUT2D eigenvalue weighted by atomic mass is 19.4. The predicted octanol–water partition coefficient (Wildman–Crippen LogP) is 7.27. The molecular weight excluding hydrogens is 594 g/mol. The Balaban J connectivity index is 1.66. The van der Waals surface area contributed by atoms with Gasteiger partial charge in [-0.2, -0.15) is 13.2 Å². The third-order valence-corrected chi connectivity index (χ3v) is 6.98. The number of halogens is 4. The summed E-state index contributed by atoms with van der Waals surface area (Å²) in [7, 11) is 1.41. The number of carbonyl (C=O) groups excluding carboxylic acids is 2. The van der Waals surface area contributed by atoms with Gasteiger partial charge in [0.15, 0.2) is 11.5 Å². The van der Waals surface area contributed by atoms with E-state index in [0.29, 0.717) is 17.1 Å². The molecule has 8 nitrogen and oxygen atoms in total. The first-order valence-electron chi connectivity index (χ1n) is 14.4. The zero-order valence-electron chi connectivity index (χ0n) is 26.0. The molecule has 2 amide bonds. The second-order valence-electron chi connectivity index (χ2n) is 12.4. The number of rotatable bonds is 10. The number of alkyl carbamates (subject to hydrolysis) is 1. The first kappa shape index (κ1) is 33.5. The minimum absolute atomic E-state index is 0.0819. The number of benzene rings is 2. The molecule has 3 aromatic rings. The number of ether oxygens (including phenoxy) is 3. The monoisotopic (exact) mass is 631 g/mol. The summed E-state index contributed by atoms with van der Waals surface area (Å²) in [6.07, 6.45) is -3.68. The van der Waals surface area contributed by atoms with Crippen LogP contribution in [0.5, 0.6) is 11.5 Å². The van der Waals surface area contributed by atoms with Crippen molar-refractivity contribution in [3.05, 3.63) is 77.2 Å². The molecule has 12 heteroatoms. The molecule has 1 heterocycles. The molecule has 0 aliphatic heterocycles. The van der Waals surface area contributed by atoms with Gasteiger partial charge < -0.3 is 24.8 Å². The number of methoxy groups -OCH3 is 1. The second-order valence-corrected chi connectivity index (χ2v) is 12.4. The van der Waals surface area contributed by atoms with Gasteiger partial charge in [0.2, 0.25) is 0 Å².